The number of pyridine rings is 1. The molecule has 0 saturated carbocycles. The van der Waals surface area contributed by atoms with Crippen LogP contribution in [0.25, 0.3) is 21.8 Å². The highest BCUT2D eigenvalue weighted by molar-refractivity contribution is 8.00. The topological polar surface area (TPSA) is 84.7 Å². The quantitative estimate of drug-likeness (QED) is 0.425. The van der Waals surface area contributed by atoms with Crippen molar-refractivity contribution in [3.05, 3.63) is 64.7 Å². The highest BCUT2D eigenvalue weighted by atomic mass is 32.2. The van der Waals surface area contributed by atoms with Crippen LogP contribution in [0.2, 0.25) is 0 Å². The lowest BCUT2D eigenvalue weighted by Gasteiger charge is -2.07. The summed E-state index contributed by atoms with van der Waals surface area (Å²) in [5.74, 6) is 0.819. The van der Waals surface area contributed by atoms with Crippen LogP contribution in [0.4, 0.5) is 5.69 Å². The summed E-state index contributed by atoms with van der Waals surface area (Å²) in [6.07, 6.45) is 4.26. The molecule has 0 bridgehead atoms. The summed E-state index contributed by atoms with van der Waals surface area (Å²) in [6, 6.07) is 11.0. The lowest BCUT2D eigenvalue weighted by molar-refractivity contribution is -0.387. The van der Waals surface area contributed by atoms with Gasteiger partial charge in [-0.15, -0.1) is 0 Å². The summed E-state index contributed by atoms with van der Waals surface area (Å²) in [5.41, 5.74) is 1.52. The zero-order valence-corrected chi connectivity index (χ0v) is 14.2. The number of hydrogen-bond donors (Lipinski definition) is 1. The number of nitrogens with one attached hydrogen (secondary N) is 1. The zero-order valence-electron chi connectivity index (χ0n) is 13.4. The Morgan fingerprint density at radius 2 is 2.12 bits per heavy atom. The molecule has 0 aliphatic rings. The van der Waals surface area contributed by atoms with Crippen LogP contribution in [-0.4, -0.2) is 19.9 Å². The van der Waals surface area contributed by atoms with E-state index in [9.17, 15) is 10.1 Å². The van der Waals surface area contributed by atoms with E-state index in [-0.39, 0.29) is 10.6 Å². The Morgan fingerprint density at radius 3 is 2.92 bits per heavy atom. The average Bonchev–Trinajstić information content (AvgIpc) is 3.06. The second-order valence-electron chi connectivity index (χ2n) is 5.56. The van der Waals surface area contributed by atoms with Gasteiger partial charge >= 0.3 is 0 Å². The molecule has 0 atom stereocenters. The molecular formula is C18H14N4O2S. The predicted octanol–water partition coefficient (Wildman–Crippen LogP) is 4.73. The zero-order chi connectivity index (χ0) is 17.4. The fourth-order valence-electron chi connectivity index (χ4n) is 2.79. The van der Waals surface area contributed by atoms with Crippen LogP contribution in [0, 0.1) is 10.1 Å². The summed E-state index contributed by atoms with van der Waals surface area (Å²) in [7, 11) is 0. The number of fused-ring (bicyclic) bond motifs is 2. The molecule has 4 rings (SSSR count). The number of rotatable bonds is 4. The van der Waals surface area contributed by atoms with Crippen molar-refractivity contribution in [3.63, 3.8) is 0 Å². The van der Waals surface area contributed by atoms with Gasteiger partial charge in [-0.1, -0.05) is 30.8 Å². The highest BCUT2D eigenvalue weighted by Gasteiger charge is 2.21. The van der Waals surface area contributed by atoms with Crippen molar-refractivity contribution < 1.29 is 4.92 Å². The van der Waals surface area contributed by atoms with Crippen LogP contribution in [0.5, 0.6) is 0 Å². The lowest BCUT2D eigenvalue weighted by Crippen LogP contribution is -1.92. The van der Waals surface area contributed by atoms with Crippen LogP contribution in [-0.2, 0) is 6.42 Å². The minimum Gasteiger partial charge on any atom is -0.342 e. The molecule has 0 unspecified atom stereocenters. The summed E-state index contributed by atoms with van der Waals surface area (Å²) >= 11 is 1.37. The molecule has 0 saturated heterocycles. The van der Waals surface area contributed by atoms with E-state index in [0.717, 1.165) is 33.4 Å². The number of H-pyrrole nitrogens is 1. The van der Waals surface area contributed by atoms with E-state index in [1.807, 2.05) is 31.2 Å². The molecule has 2 aromatic heterocycles. The second-order valence-corrected chi connectivity index (χ2v) is 6.61. The molecule has 0 spiro atoms. The molecule has 124 valence electrons. The van der Waals surface area contributed by atoms with Crippen LogP contribution in [0.1, 0.15) is 12.7 Å². The van der Waals surface area contributed by atoms with Gasteiger partial charge < -0.3 is 4.98 Å². The van der Waals surface area contributed by atoms with Crippen molar-refractivity contribution in [2.24, 2.45) is 0 Å². The number of aromatic amines is 1. The third kappa shape index (κ3) is 2.72. The molecule has 0 radical (unpaired) electrons. The first-order valence-corrected chi connectivity index (χ1v) is 8.65. The van der Waals surface area contributed by atoms with Gasteiger partial charge in [-0.25, -0.2) is 4.98 Å². The van der Waals surface area contributed by atoms with Crippen molar-refractivity contribution in [1.82, 2.24) is 15.0 Å². The van der Waals surface area contributed by atoms with Crippen LogP contribution < -0.4 is 0 Å². The monoisotopic (exact) mass is 350 g/mol. The van der Waals surface area contributed by atoms with Crippen LogP contribution in [0.3, 0.4) is 0 Å². The smallest absolute Gasteiger partial charge is 0.285 e. The van der Waals surface area contributed by atoms with Gasteiger partial charge in [-0.2, -0.15) is 0 Å². The number of aromatic nitrogens is 3. The second kappa shape index (κ2) is 6.18. The van der Waals surface area contributed by atoms with Gasteiger partial charge in [-0.3, -0.25) is 15.1 Å². The Labute approximate surface area is 147 Å². The Balaban J connectivity index is 1.94. The molecule has 0 fully saturated rings. The van der Waals surface area contributed by atoms with Crippen molar-refractivity contribution in [3.8, 4) is 0 Å². The Kier molecular flexibility index (Phi) is 3.85. The molecule has 0 aliphatic carbocycles. The number of benzene rings is 2. The van der Waals surface area contributed by atoms with E-state index >= 15 is 0 Å². The maximum absolute atomic E-state index is 11.5. The first kappa shape index (κ1) is 15.6. The average molecular weight is 350 g/mol. The number of nitro benzene ring substituents is 1. The van der Waals surface area contributed by atoms with Gasteiger partial charge in [0.25, 0.3) is 5.69 Å². The first-order valence-electron chi connectivity index (χ1n) is 7.84. The number of nitrogens with zero attached hydrogens (tertiary/aromatic N) is 3. The molecule has 25 heavy (non-hydrogen) atoms. The van der Waals surface area contributed by atoms with Gasteiger partial charge in [0, 0.05) is 35.2 Å². The Hall–Kier alpha value is -2.93. The lowest BCUT2D eigenvalue weighted by atomic mass is 10.2. The van der Waals surface area contributed by atoms with Gasteiger partial charge in [0.2, 0.25) is 0 Å². The molecule has 2 aromatic carbocycles. The maximum Gasteiger partial charge on any atom is 0.285 e. The standard InChI is InChI=1S/C18H14N4O2S/c1-2-16-20-13-6-7-14(22(23)24)18(17(13)21-16)25-15-5-3-4-11-10-19-9-8-12(11)15/h3-10H,2H2,1H3,(H,20,21). The minimum absolute atomic E-state index is 0.0673. The van der Waals surface area contributed by atoms with E-state index in [0.29, 0.717) is 10.4 Å². The Bertz CT molecular complexity index is 1100. The number of hydrogen-bond acceptors (Lipinski definition) is 5. The summed E-state index contributed by atoms with van der Waals surface area (Å²) in [6.45, 7) is 2.00. The van der Waals surface area contributed by atoms with E-state index in [4.69, 9.17) is 0 Å². The van der Waals surface area contributed by atoms with Crippen molar-refractivity contribution in [1.29, 1.82) is 0 Å². The maximum atomic E-state index is 11.5. The number of imidazole rings is 1. The largest absolute Gasteiger partial charge is 0.342 e. The third-order valence-corrected chi connectivity index (χ3v) is 5.20. The molecule has 1 N–H and O–H groups in total. The summed E-state index contributed by atoms with van der Waals surface area (Å²) < 4.78 is 0. The van der Waals surface area contributed by atoms with E-state index in [2.05, 4.69) is 15.0 Å². The fourth-order valence-corrected chi connectivity index (χ4v) is 3.96. The molecule has 7 heteroatoms. The van der Waals surface area contributed by atoms with E-state index < -0.39 is 0 Å². The Morgan fingerprint density at radius 1 is 1.24 bits per heavy atom. The molecule has 0 amide bonds. The van der Waals surface area contributed by atoms with E-state index in [1.54, 1.807) is 18.5 Å². The summed E-state index contributed by atoms with van der Waals surface area (Å²) in [4.78, 5) is 24.6. The molecule has 4 aromatic rings. The van der Waals surface area contributed by atoms with Crippen LogP contribution in [0.15, 0.2) is 58.6 Å². The van der Waals surface area contributed by atoms with Gasteiger partial charge in [-0.05, 0) is 23.6 Å². The highest BCUT2D eigenvalue weighted by Crippen LogP contribution is 2.41. The molecule has 6 nitrogen and oxygen atoms in total. The van der Waals surface area contributed by atoms with Crippen molar-refractivity contribution in [2.75, 3.05) is 0 Å². The van der Waals surface area contributed by atoms with Gasteiger partial charge in [0.05, 0.1) is 10.4 Å². The molecule has 2 heterocycles. The molecule has 0 aliphatic heterocycles. The third-order valence-electron chi connectivity index (χ3n) is 4.02. The van der Waals surface area contributed by atoms with Crippen molar-refractivity contribution >= 4 is 39.3 Å². The predicted molar refractivity (Wildman–Crippen MR) is 98.0 cm³/mol. The van der Waals surface area contributed by atoms with E-state index in [1.165, 1.54) is 17.8 Å². The number of aryl methyl sites for hydroxylation is 1. The summed E-state index contributed by atoms with van der Waals surface area (Å²) in [5, 5.41) is 13.6. The minimum atomic E-state index is -0.352. The molecular weight excluding hydrogens is 336 g/mol. The van der Waals surface area contributed by atoms with Gasteiger partial charge in [0.15, 0.2) is 0 Å². The first-order chi connectivity index (χ1) is 12.2. The van der Waals surface area contributed by atoms with Crippen molar-refractivity contribution in [2.45, 2.75) is 23.1 Å². The SMILES string of the molecule is CCc1nc2c(Sc3cccc4cnccc34)c([N+](=O)[O-])ccc2[nH]1. The van der Waals surface area contributed by atoms with Gasteiger partial charge in [0.1, 0.15) is 16.2 Å². The number of nitro groups is 1. The van der Waals surface area contributed by atoms with Crippen LogP contribution >= 0.6 is 11.8 Å². The normalized spacial score (nSPS) is 11.2. The fraction of sp³-hybridized carbons (Fsp3) is 0.111.